The van der Waals surface area contributed by atoms with Gasteiger partial charge in [-0.05, 0) is 61.0 Å². The van der Waals surface area contributed by atoms with Crippen molar-refractivity contribution in [3.63, 3.8) is 0 Å². The Labute approximate surface area is 190 Å². The molecule has 0 amide bonds. The van der Waals surface area contributed by atoms with E-state index in [2.05, 4.69) is 37.1 Å². The fourth-order valence-corrected chi connectivity index (χ4v) is 7.01. The smallest absolute Gasteiger partial charge is 0.208 e. The van der Waals surface area contributed by atoms with Crippen LogP contribution >= 0.6 is 0 Å². The number of aromatic nitrogens is 1. The van der Waals surface area contributed by atoms with E-state index in [-0.39, 0.29) is 10.3 Å². The summed E-state index contributed by atoms with van der Waals surface area (Å²) in [5.41, 5.74) is 2.12. The number of nitrogens with one attached hydrogen (secondary N) is 1. The maximum Gasteiger partial charge on any atom is 0.208 e. The number of nitrogens with zero attached hydrogens (tertiary/aromatic N) is 2. The number of hydrogen-bond acceptors (Lipinski definition) is 5. The van der Waals surface area contributed by atoms with E-state index in [1.807, 2.05) is 18.2 Å². The molecule has 3 aromatic rings. The third-order valence-corrected chi connectivity index (χ3v) is 8.80. The first-order valence-electron chi connectivity index (χ1n) is 11.4. The highest BCUT2D eigenvalue weighted by Crippen LogP contribution is 2.46. The molecule has 5 nitrogen and oxygen atoms in total. The molecule has 0 saturated carbocycles. The molecular formula is C26H31N3O2S. The molecule has 1 N–H and O–H groups in total. The van der Waals surface area contributed by atoms with E-state index in [9.17, 15) is 8.42 Å². The van der Waals surface area contributed by atoms with Crippen molar-refractivity contribution in [1.82, 2.24) is 10.3 Å². The molecule has 5 rings (SSSR count). The van der Waals surface area contributed by atoms with Gasteiger partial charge in [0.1, 0.15) is 0 Å². The van der Waals surface area contributed by atoms with Crippen LogP contribution in [0.5, 0.6) is 0 Å². The van der Waals surface area contributed by atoms with Gasteiger partial charge in [-0.15, -0.1) is 0 Å². The van der Waals surface area contributed by atoms with Crippen LogP contribution in [0, 0.1) is 17.3 Å². The summed E-state index contributed by atoms with van der Waals surface area (Å²) in [4.78, 5) is 7.79. The predicted molar refractivity (Wildman–Crippen MR) is 129 cm³/mol. The lowest BCUT2D eigenvalue weighted by Crippen LogP contribution is -2.45. The highest BCUT2D eigenvalue weighted by molar-refractivity contribution is 7.91. The molecule has 0 bridgehead atoms. The molecule has 2 aromatic carbocycles. The van der Waals surface area contributed by atoms with Gasteiger partial charge in [-0.3, -0.25) is 4.98 Å². The fourth-order valence-electron chi connectivity index (χ4n) is 5.75. The molecule has 0 spiro atoms. The van der Waals surface area contributed by atoms with Gasteiger partial charge >= 0.3 is 0 Å². The zero-order valence-electron chi connectivity index (χ0n) is 19.0. The minimum atomic E-state index is -3.60. The van der Waals surface area contributed by atoms with Crippen molar-refractivity contribution in [2.24, 2.45) is 17.3 Å². The van der Waals surface area contributed by atoms with Gasteiger partial charge in [-0.2, -0.15) is 0 Å². The number of pyridine rings is 1. The Bertz CT molecular complexity index is 1230. The average Bonchev–Trinajstić information content (AvgIpc) is 3.19. The molecular weight excluding hydrogens is 418 g/mol. The van der Waals surface area contributed by atoms with Gasteiger partial charge in [-0.25, -0.2) is 8.42 Å². The second kappa shape index (κ2) is 7.85. The largest absolute Gasteiger partial charge is 0.366 e. The van der Waals surface area contributed by atoms with Crippen LogP contribution in [-0.4, -0.2) is 39.1 Å². The van der Waals surface area contributed by atoms with Crippen molar-refractivity contribution in [2.45, 2.75) is 43.0 Å². The van der Waals surface area contributed by atoms with Crippen LogP contribution in [0.2, 0.25) is 0 Å². The lowest BCUT2D eigenvalue weighted by atomic mass is 9.74. The molecule has 3 unspecified atom stereocenters. The first-order chi connectivity index (χ1) is 15.3. The summed E-state index contributed by atoms with van der Waals surface area (Å²) in [5, 5.41) is 4.43. The summed E-state index contributed by atoms with van der Waals surface area (Å²) in [7, 11) is -3.60. The Kier molecular flexibility index (Phi) is 5.25. The molecule has 0 aliphatic carbocycles. The van der Waals surface area contributed by atoms with Crippen LogP contribution in [0.1, 0.15) is 27.2 Å². The van der Waals surface area contributed by atoms with Crippen molar-refractivity contribution in [1.29, 1.82) is 0 Å². The summed E-state index contributed by atoms with van der Waals surface area (Å²) >= 11 is 0. The number of piperidine rings is 1. The molecule has 2 fully saturated rings. The molecule has 2 saturated heterocycles. The van der Waals surface area contributed by atoms with Crippen LogP contribution in [-0.2, 0) is 9.84 Å². The van der Waals surface area contributed by atoms with Crippen LogP contribution in [0.3, 0.4) is 0 Å². The summed E-state index contributed by atoms with van der Waals surface area (Å²) in [6.07, 6.45) is 2.71. The number of sulfone groups is 1. The number of rotatable bonds is 3. The minimum Gasteiger partial charge on any atom is -0.366 e. The SMILES string of the molecule is CC(C)(C)C1C2CCNCC2CN1c1cccc2cc(S(=O)(=O)c3ccccc3)cnc12. The van der Waals surface area contributed by atoms with Gasteiger partial charge in [0.25, 0.3) is 0 Å². The van der Waals surface area contributed by atoms with Crippen LogP contribution in [0.15, 0.2) is 70.6 Å². The lowest BCUT2D eigenvalue weighted by Gasteiger charge is -2.41. The van der Waals surface area contributed by atoms with Crippen molar-refractivity contribution >= 4 is 26.4 Å². The number of para-hydroxylation sites is 1. The topological polar surface area (TPSA) is 62.3 Å². The van der Waals surface area contributed by atoms with Crippen molar-refractivity contribution in [3.05, 3.63) is 60.8 Å². The molecule has 3 heterocycles. The van der Waals surface area contributed by atoms with E-state index < -0.39 is 9.84 Å². The molecule has 2 aliphatic rings. The van der Waals surface area contributed by atoms with E-state index in [0.29, 0.717) is 22.8 Å². The maximum atomic E-state index is 13.1. The molecule has 6 heteroatoms. The van der Waals surface area contributed by atoms with Gasteiger partial charge in [-0.1, -0.05) is 51.1 Å². The number of hydrogen-bond donors (Lipinski definition) is 1. The van der Waals surface area contributed by atoms with Gasteiger partial charge in [0.2, 0.25) is 9.84 Å². The second-order valence-corrected chi connectivity index (χ2v) is 12.2. The van der Waals surface area contributed by atoms with E-state index in [1.165, 1.54) is 12.6 Å². The average molecular weight is 450 g/mol. The standard InChI is InChI=1S/C26H31N3O2S/c1-26(2,3)25-22-12-13-27-15-19(22)17-29(25)23-11-7-8-18-14-21(16-28-24(18)23)32(30,31)20-9-5-4-6-10-20/h4-11,14,16,19,22,25,27H,12-13,15,17H2,1-3H3. The Hall–Kier alpha value is -2.44. The van der Waals surface area contributed by atoms with Gasteiger partial charge in [0, 0.05) is 24.2 Å². The van der Waals surface area contributed by atoms with Crippen molar-refractivity contribution in [2.75, 3.05) is 24.5 Å². The van der Waals surface area contributed by atoms with Gasteiger partial charge < -0.3 is 10.2 Å². The molecule has 3 atom stereocenters. The van der Waals surface area contributed by atoms with Gasteiger partial charge in [0.05, 0.1) is 21.0 Å². The molecule has 32 heavy (non-hydrogen) atoms. The normalized spacial score (nSPS) is 24.0. The zero-order valence-corrected chi connectivity index (χ0v) is 19.8. The fraction of sp³-hybridized carbons (Fsp3) is 0.423. The van der Waals surface area contributed by atoms with Crippen LogP contribution in [0.4, 0.5) is 5.69 Å². The molecule has 0 radical (unpaired) electrons. The third kappa shape index (κ3) is 3.59. The van der Waals surface area contributed by atoms with E-state index in [0.717, 1.165) is 36.2 Å². The number of benzene rings is 2. The highest BCUT2D eigenvalue weighted by atomic mass is 32.2. The molecule has 1 aromatic heterocycles. The van der Waals surface area contributed by atoms with Gasteiger partial charge in [0.15, 0.2) is 0 Å². The van der Waals surface area contributed by atoms with Crippen LogP contribution in [0.25, 0.3) is 10.9 Å². The van der Waals surface area contributed by atoms with Crippen molar-refractivity contribution < 1.29 is 8.42 Å². The number of fused-ring (bicyclic) bond motifs is 2. The first kappa shape index (κ1) is 21.4. The van der Waals surface area contributed by atoms with E-state index in [1.54, 1.807) is 30.3 Å². The quantitative estimate of drug-likeness (QED) is 0.637. The lowest BCUT2D eigenvalue weighted by molar-refractivity contribution is 0.199. The second-order valence-electron chi connectivity index (χ2n) is 10.2. The Balaban J connectivity index is 1.59. The molecule has 168 valence electrons. The Morgan fingerprint density at radius 3 is 2.56 bits per heavy atom. The van der Waals surface area contributed by atoms with E-state index in [4.69, 9.17) is 4.98 Å². The third-order valence-electron chi connectivity index (χ3n) is 7.06. The highest BCUT2D eigenvalue weighted by Gasteiger charge is 2.48. The maximum absolute atomic E-state index is 13.1. The molecule has 2 aliphatic heterocycles. The monoisotopic (exact) mass is 449 g/mol. The Morgan fingerprint density at radius 2 is 1.81 bits per heavy atom. The van der Waals surface area contributed by atoms with Crippen molar-refractivity contribution in [3.8, 4) is 0 Å². The summed E-state index contributed by atoms with van der Waals surface area (Å²) < 4.78 is 26.2. The Morgan fingerprint density at radius 1 is 1.03 bits per heavy atom. The summed E-state index contributed by atoms with van der Waals surface area (Å²) in [5.74, 6) is 1.28. The zero-order chi connectivity index (χ0) is 22.5. The predicted octanol–water partition coefficient (Wildman–Crippen LogP) is 4.53. The van der Waals surface area contributed by atoms with Crippen LogP contribution < -0.4 is 10.2 Å². The summed E-state index contributed by atoms with van der Waals surface area (Å²) in [6.45, 7) is 10.1. The first-order valence-corrected chi connectivity index (χ1v) is 12.9. The number of anilines is 1. The minimum absolute atomic E-state index is 0.134. The summed E-state index contributed by atoms with van der Waals surface area (Å²) in [6, 6.07) is 16.9. The van der Waals surface area contributed by atoms with E-state index >= 15 is 0 Å².